The molecule has 1 aromatic rings. The molecule has 0 aromatic heterocycles. The maximum Gasteiger partial charge on any atom is 0.314 e. The van der Waals surface area contributed by atoms with E-state index in [4.69, 9.17) is 9.47 Å². The molecule has 0 aliphatic heterocycles. The summed E-state index contributed by atoms with van der Waals surface area (Å²) in [6.45, 7) is 5.38. The highest BCUT2D eigenvalue weighted by atomic mass is 16.5. The van der Waals surface area contributed by atoms with Gasteiger partial charge in [0.25, 0.3) is 0 Å². The number of para-hydroxylation sites is 1. The van der Waals surface area contributed by atoms with Gasteiger partial charge in [0.1, 0.15) is 12.4 Å². The number of carbonyl (C=O) groups is 1. The third-order valence-electron chi connectivity index (χ3n) is 2.70. The summed E-state index contributed by atoms with van der Waals surface area (Å²) >= 11 is 0. The molecule has 0 spiro atoms. The van der Waals surface area contributed by atoms with Crippen LogP contribution in [0.5, 0.6) is 5.75 Å². The number of esters is 1. The first-order chi connectivity index (χ1) is 8.38. The lowest BCUT2D eigenvalue weighted by Gasteiger charge is -2.23. The number of aliphatic hydroxyl groups excluding tert-OH is 1. The van der Waals surface area contributed by atoms with Crippen molar-refractivity contribution < 1.29 is 19.4 Å². The molecule has 0 aliphatic carbocycles. The number of benzene rings is 1. The molecule has 0 amide bonds. The average molecular weight is 252 g/mol. The van der Waals surface area contributed by atoms with Crippen LogP contribution < -0.4 is 4.74 Å². The largest absolute Gasteiger partial charge is 0.492 e. The van der Waals surface area contributed by atoms with E-state index in [0.717, 1.165) is 0 Å². The minimum absolute atomic E-state index is 0.198. The second-order valence-electron chi connectivity index (χ2n) is 4.88. The third kappa shape index (κ3) is 3.47. The van der Waals surface area contributed by atoms with Crippen LogP contribution in [0.25, 0.3) is 0 Å². The fraction of sp³-hybridized carbons (Fsp3) is 0.500. The summed E-state index contributed by atoms with van der Waals surface area (Å²) in [5.74, 6) is 0.265. The Kier molecular flexibility index (Phi) is 4.73. The molecule has 4 nitrogen and oxygen atoms in total. The van der Waals surface area contributed by atoms with Gasteiger partial charge in [0.2, 0.25) is 0 Å². The Labute approximate surface area is 108 Å². The van der Waals surface area contributed by atoms with Crippen LogP contribution in [0.4, 0.5) is 0 Å². The normalized spacial score (nSPS) is 12.9. The van der Waals surface area contributed by atoms with Crippen LogP contribution in [0.15, 0.2) is 24.3 Å². The van der Waals surface area contributed by atoms with Crippen molar-refractivity contribution in [2.45, 2.75) is 26.9 Å². The van der Waals surface area contributed by atoms with Gasteiger partial charge >= 0.3 is 5.97 Å². The molecule has 0 unspecified atom stereocenters. The van der Waals surface area contributed by atoms with E-state index in [1.165, 1.54) is 7.11 Å². The quantitative estimate of drug-likeness (QED) is 0.817. The van der Waals surface area contributed by atoms with Gasteiger partial charge in [0.15, 0.2) is 0 Å². The Balaban J connectivity index is 2.78. The average Bonchev–Trinajstić information content (AvgIpc) is 2.35. The predicted octanol–water partition coefficient (Wildman–Crippen LogP) is 2.32. The molecule has 0 aliphatic rings. The van der Waals surface area contributed by atoms with Gasteiger partial charge in [-0.1, -0.05) is 18.2 Å². The number of rotatable bonds is 5. The SMILES string of the molecule is COC(=O)C(C)(C)COc1ccccc1[C@@H](C)O. The maximum absolute atomic E-state index is 11.5. The van der Waals surface area contributed by atoms with E-state index in [2.05, 4.69) is 0 Å². The molecular weight excluding hydrogens is 232 g/mol. The van der Waals surface area contributed by atoms with Crippen molar-refractivity contribution in [3.63, 3.8) is 0 Å². The summed E-state index contributed by atoms with van der Waals surface area (Å²) in [5, 5.41) is 9.62. The van der Waals surface area contributed by atoms with Crippen LogP contribution in [0.3, 0.4) is 0 Å². The van der Waals surface area contributed by atoms with E-state index in [1.54, 1.807) is 32.9 Å². The first kappa shape index (κ1) is 14.5. The van der Waals surface area contributed by atoms with E-state index in [0.29, 0.717) is 11.3 Å². The fourth-order valence-electron chi connectivity index (χ4n) is 1.55. The number of methoxy groups -OCH3 is 1. The van der Waals surface area contributed by atoms with Gasteiger partial charge in [-0.05, 0) is 26.8 Å². The van der Waals surface area contributed by atoms with Crippen molar-refractivity contribution in [1.82, 2.24) is 0 Å². The summed E-state index contributed by atoms with van der Waals surface area (Å²) in [6, 6.07) is 7.23. The fourth-order valence-corrected chi connectivity index (χ4v) is 1.55. The molecule has 0 saturated heterocycles. The molecule has 0 saturated carbocycles. The maximum atomic E-state index is 11.5. The van der Waals surface area contributed by atoms with Gasteiger partial charge in [-0.3, -0.25) is 4.79 Å². The Morgan fingerprint density at radius 3 is 2.56 bits per heavy atom. The van der Waals surface area contributed by atoms with Gasteiger partial charge in [0.05, 0.1) is 18.6 Å². The smallest absolute Gasteiger partial charge is 0.314 e. The molecule has 18 heavy (non-hydrogen) atoms. The second kappa shape index (κ2) is 5.87. The number of ether oxygens (including phenoxy) is 2. The molecule has 4 heteroatoms. The van der Waals surface area contributed by atoms with E-state index < -0.39 is 11.5 Å². The van der Waals surface area contributed by atoms with E-state index >= 15 is 0 Å². The van der Waals surface area contributed by atoms with Crippen LogP contribution in [0.1, 0.15) is 32.4 Å². The number of carbonyl (C=O) groups excluding carboxylic acids is 1. The first-order valence-corrected chi connectivity index (χ1v) is 5.86. The first-order valence-electron chi connectivity index (χ1n) is 5.86. The van der Waals surface area contributed by atoms with Crippen molar-refractivity contribution in [3.05, 3.63) is 29.8 Å². The molecule has 1 N–H and O–H groups in total. The lowest BCUT2D eigenvalue weighted by atomic mass is 9.95. The topological polar surface area (TPSA) is 55.8 Å². The van der Waals surface area contributed by atoms with Gasteiger partial charge in [-0.15, -0.1) is 0 Å². The molecule has 1 aromatic carbocycles. The van der Waals surface area contributed by atoms with Crippen molar-refractivity contribution >= 4 is 5.97 Å². The standard InChI is InChI=1S/C14H20O4/c1-10(15)11-7-5-6-8-12(11)18-9-14(2,3)13(16)17-4/h5-8,10,15H,9H2,1-4H3/t10-/m1/s1. The van der Waals surface area contributed by atoms with Gasteiger partial charge < -0.3 is 14.6 Å². The van der Waals surface area contributed by atoms with Crippen molar-refractivity contribution in [3.8, 4) is 5.75 Å². The van der Waals surface area contributed by atoms with Crippen LogP contribution in [0.2, 0.25) is 0 Å². The molecule has 1 atom stereocenters. The van der Waals surface area contributed by atoms with Crippen LogP contribution >= 0.6 is 0 Å². The van der Waals surface area contributed by atoms with Crippen molar-refractivity contribution in [2.75, 3.05) is 13.7 Å². The Morgan fingerprint density at radius 2 is 2.00 bits per heavy atom. The monoisotopic (exact) mass is 252 g/mol. The molecule has 0 heterocycles. The summed E-state index contributed by atoms with van der Waals surface area (Å²) in [5.41, 5.74) is -0.0150. The Morgan fingerprint density at radius 1 is 1.39 bits per heavy atom. The second-order valence-corrected chi connectivity index (χ2v) is 4.88. The summed E-state index contributed by atoms with van der Waals surface area (Å²) in [7, 11) is 1.35. The minimum atomic E-state index is -0.722. The predicted molar refractivity (Wildman–Crippen MR) is 68.4 cm³/mol. The van der Waals surface area contributed by atoms with Gasteiger partial charge in [-0.2, -0.15) is 0 Å². The van der Waals surface area contributed by atoms with Crippen LogP contribution in [0, 0.1) is 5.41 Å². The summed E-state index contributed by atoms with van der Waals surface area (Å²) in [4.78, 5) is 11.5. The highest BCUT2D eigenvalue weighted by Crippen LogP contribution is 2.27. The highest BCUT2D eigenvalue weighted by Gasteiger charge is 2.30. The lowest BCUT2D eigenvalue weighted by Crippen LogP contribution is -2.32. The van der Waals surface area contributed by atoms with Crippen LogP contribution in [-0.4, -0.2) is 24.8 Å². The highest BCUT2D eigenvalue weighted by molar-refractivity contribution is 5.75. The molecule has 0 radical (unpaired) electrons. The zero-order valence-corrected chi connectivity index (χ0v) is 11.3. The molecular formula is C14H20O4. The van der Waals surface area contributed by atoms with E-state index in [9.17, 15) is 9.90 Å². The summed E-state index contributed by atoms with van der Waals surface area (Å²) < 4.78 is 10.3. The van der Waals surface area contributed by atoms with Gasteiger partial charge in [0, 0.05) is 5.56 Å². The summed E-state index contributed by atoms with van der Waals surface area (Å²) in [6.07, 6.45) is -0.609. The molecule has 0 fully saturated rings. The molecule has 0 bridgehead atoms. The Hall–Kier alpha value is -1.55. The Bertz CT molecular complexity index is 410. The zero-order chi connectivity index (χ0) is 13.8. The number of hydrogen-bond acceptors (Lipinski definition) is 4. The number of aliphatic hydroxyl groups is 1. The van der Waals surface area contributed by atoms with Crippen molar-refractivity contribution in [1.29, 1.82) is 0 Å². The van der Waals surface area contributed by atoms with Crippen LogP contribution in [-0.2, 0) is 9.53 Å². The lowest BCUT2D eigenvalue weighted by molar-refractivity contribution is -0.152. The van der Waals surface area contributed by atoms with E-state index in [-0.39, 0.29) is 12.6 Å². The number of hydrogen-bond donors (Lipinski definition) is 1. The third-order valence-corrected chi connectivity index (χ3v) is 2.70. The molecule has 1 rings (SSSR count). The van der Waals surface area contributed by atoms with Gasteiger partial charge in [-0.25, -0.2) is 0 Å². The minimum Gasteiger partial charge on any atom is -0.492 e. The van der Waals surface area contributed by atoms with Crippen molar-refractivity contribution in [2.24, 2.45) is 5.41 Å². The van der Waals surface area contributed by atoms with E-state index in [1.807, 2.05) is 12.1 Å². The zero-order valence-electron chi connectivity index (χ0n) is 11.3. The molecule has 100 valence electrons.